The molecule has 0 aliphatic carbocycles. The molecule has 1 heterocycles. The van der Waals surface area contributed by atoms with Crippen LogP contribution in [-0.4, -0.2) is 4.98 Å². The molecular formula is C9H8Cl2N2S. The van der Waals surface area contributed by atoms with Gasteiger partial charge in [0.1, 0.15) is 0 Å². The van der Waals surface area contributed by atoms with Gasteiger partial charge in [-0.25, -0.2) is 4.98 Å². The van der Waals surface area contributed by atoms with Gasteiger partial charge in [0.2, 0.25) is 0 Å². The summed E-state index contributed by atoms with van der Waals surface area (Å²) < 4.78 is 0. The first-order valence-electron chi connectivity index (χ1n) is 3.75. The Morgan fingerprint density at radius 2 is 1.71 bits per heavy atom. The highest BCUT2D eigenvalue weighted by molar-refractivity contribution is 7.13. The third-order valence-electron chi connectivity index (χ3n) is 1.28. The van der Waals surface area contributed by atoms with Gasteiger partial charge in [0, 0.05) is 11.6 Å². The monoisotopic (exact) mass is 246 g/mol. The first kappa shape index (κ1) is 11.3. The lowest BCUT2D eigenvalue weighted by molar-refractivity contribution is 1.43. The lowest BCUT2D eigenvalue weighted by Crippen LogP contribution is -1.77. The second-order valence-corrected chi connectivity index (χ2v) is 4.02. The molecule has 0 saturated carbocycles. The van der Waals surface area contributed by atoms with Gasteiger partial charge in [0.15, 0.2) is 5.13 Å². The first-order chi connectivity index (χ1) is 6.70. The second-order valence-electron chi connectivity index (χ2n) is 2.28. The van der Waals surface area contributed by atoms with Gasteiger partial charge in [-0.05, 0) is 12.1 Å². The predicted octanol–water partition coefficient (Wildman–Crippen LogP) is 3.72. The molecule has 0 aliphatic rings. The number of hydrogen-bond donors (Lipinski definition) is 1. The molecule has 1 aromatic heterocycles. The summed E-state index contributed by atoms with van der Waals surface area (Å²) in [7, 11) is 0. The molecule has 2 rings (SSSR count). The van der Waals surface area contributed by atoms with Crippen molar-refractivity contribution in [2.45, 2.75) is 0 Å². The van der Waals surface area contributed by atoms with Crippen molar-refractivity contribution in [3.63, 3.8) is 0 Å². The fourth-order valence-electron chi connectivity index (χ4n) is 0.674. The topological polar surface area (TPSA) is 38.9 Å². The predicted molar refractivity (Wildman–Crippen MR) is 63.0 cm³/mol. The summed E-state index contributed by atoms with van der Waals surface area (Å²) in [6.45, 7) is 0. The van der Waals surface area contributed by atoms with Crippen molar-refractivity contribution in [1.82, 2.24) is 4.98 Å². The average Bonchev–Trinajstić information content (AvgIpc) is 2.63. The molecule has 0 aliphatic heterocycles. The van der Waals surface area contributed by atoms with Crippen molar-refractivity contribution in [3.05, 3.63) is 45.9 Å². The number of anilines is 1. The minimum atomic E-state index is 0.606. The van der Waals surface area contributed by atoms with E-state index in [0.717, 1.165) is 0 Å². The summed E-state index contributed by atoms with van der Waals surface area (Å²) in [5, 5.41) is 3.69. The summed E-state index contributed by atoms with van der Waals surface area (Å²) in [4.78, 5) is 3.71. The molecule has 2 aromatic rings. The van der Waals surface area contributed by atoms with Gasteiger partial charge in [0.05, 0.1) is 10.0 Å². The molecule has 0 radical (unpaired) electrons. The first-order valence-corrected chi connectivity index (χ1v) is 5.38. The number of benzene rings is 1. The lowest BCUT2D eigenvalue weighted by Gasteiger charge is -1.88. The third kappa shape index (κ3) is 3.96. The van der Waals surface area contributed by atoms with E-state index in [2.05, 4.69) is 4.98 Å². The Kier molecular flexibility index (Phi) is 4.73. The lowest BCUT2D eigenvalue weighted by atomic mass is 10.4. The maximum absolute atomic E-state index is 5.58. The molecule has 5 heteroatoms. The highest BCUT2D eigenvalue weighted by Crippen LogP contribution is 2.19. The average molecular weight is 247 g/mol. The van der Waals surface area contributed by atoms with Gasteiger partial charge in [-0.2, -0.15) is 0 Å². The van der Waals surface area contributed by atoms with Crippen LogP contribution in [0.2, 0.25) is 10.0 Å². The van der Waals surface area contributed by atoms with E-state index in [-0.39, 0.29) is 0 Å². The third-order valence-corrected chi connectivity index (χ3v) is 2.64. The summed E-state index contributed by atoms with van der Waals surface area (Å²) in [5.41, 5.74) is 5.19. The smallest absolute Gasteiger partial charge is 0.179 e. The van der Waals surface area contributed by atoms with E-state index in [4.69, 9.17) is 28.9 Å². The molecule has 0 bridgehead atoms. The molecular weight excluding hydrogens is 239 g/mol. The van der Waals surface area contributed by atoms with Crippen LogP contribution in [0.5, 0.6) is 0 Å². The van der Waals surface area contributed by atoms with Crippen LogP contribution in [0.3, 0.4) is 0 Å². The van der Waals surface area contributed by atoms with E-state index in [9.17, 15) is 0 Å². The Bertz CT molecular complexity index is 355. The Balaban J connectivity index is 0.000000146. The minimum absolute atomic E-state index is 0.606. The van der Waals surface area contributed by atoms with E-state index < -0.39 is 0 Å². The van der Waals surface area contributed by atoms with Gasteiger partial charge < -0.3 is 5.73 Å². The second kappa shape index (κ2) is 5.86. The summed E-state index contributed by atoms with van der Waals surface area (Å²) in [6.07, 6.45) is 1.68. The van der Waals surface area contributed by atoms with Crippen LogP contribution in [0.25, 0.3) is 0 Å². The number of nitrogens with zero attached hydrogens (tertiary/aromatic N) is 1. The van der Waals surface area contributed by atoms with Gasteiger partial charge >= 0.3 is 0 Å². The van der Waals surface area contributed by atoms with Crippen LogP contribution in [0.1, 0.15) is 0 Å². The van der Waals surface area contributed by atoms with Crippen LogP contribution in [0.4, 0.5) is 5.13 Å². The maximum atomic E-state index is 5.58. The van der Waals surface area contributed by atoms with E-state index in [1.54, 1.807) is 18.3 Å². The fourth-order valence-corrected chi connectivity index (χ4v) is 1.33. The van der Waals surface area contributed by atoms with Crippen molar-refractivity contribution < 1.29 is 0 Å². The zero-order valence-electron chi connectivity index (χ0n) is 7.15. The van der Waals surface area contributed by atoms with Gasteiger partial charge in [-0.3, -0.25) is 0 Å². The molecule has 14 heavy (non-hydrogen) atoms. The van der Waals surface area contributed by atoms with E-state index in [0.29, 0.717) is 15.2 Å². The van der Waals surface area contributed by atoms with Crippen LogP contribution in [0, 0.1) is 0 Å². The van der Waals surface area contributed by atoms with E-state index in [1.165, 1.54) is 11.3 Å². The minimum Gasteiger partial charge on any atom is -0.375 e. The van der Waals surface area contributed by atoms with E-state index in [1.807, 2.05) is 17.5 Å². The summed E-state index contributed by atoms with van der Waals surface area (Å²) in [6, 6.07) is 7.19. The fraction of sp³-hybridized carbons (Fsp3) is 0. The number of hydrogen-bond acceptors (Lipinski definition) is 3. The number of nitrogen functional groups attached to an aromatic ring is 1. The summed E-state index contributed by atoms with van der Waals surface area (Å²) >= 11 is 12.6. The number of nitrogens with two attached hydrogens (primary N) is 1. The molecule has 0 fully saturated rings. The highest BCUT2D eigenvalue weighted by Gasteiger charge is 1.89. The van der Waals surface area contributed by atoms with Crippen molar-refractivity contribution >= 4 is 39.7 Å². The zero-order valence-corrected chi connectivity index (χ0v) is 9.48. The molecule has 74 valence electrons. The number of rotatable bonds is 0. The molecule has 0 atom stereocenters. The molecule has 0 unspecified atom stereocenters. The zero-order chi connectivity index (χ0) is 10.4. The Morgan fingerprint density at radius 3 is 1.93 bits per heavy atom. The largest absolute Gasteiger partial charge is 0.375 e. The number of aromatic nitrogens is 1. The van der Waals surface area contributed by atoms with Crippen molar-refractivity contribution in [3.8, 4) is 0 Å². The highest BCUT2D eigenvalue weighted by atomic mass is 35.5. The molecule has 0 amide bonds. The van der Waals surface area contributed by atoms with Crippen LogP contribution >= 0.6 is 34.5 Å². The van der Waals surface area contributed by atoms with Crippen molar-refractivity contribution in [2.24, 2.45) is 0 Å². The quantitative estimate of drug-likeness (QED) is 0.770. The Hall–Kier alpha value is -0.770. The van der Waals surface area contributed by atoms with Crippen LogP contribution in [0.15, 0.2) is 35.8 Å². The molecule has 1 aromatic carbocycles. The Labute approximate surface area is 96.3 Å². The molecule has 0 saturated heterocycles. The van der Waals surface area contributed by atoms with Crippen molar-refractivity contribution in [1.29, 1.82) is 0 Å². The number of thiazole rings is 1. The normalized spacial score (nSPS) is 9.00. The van der Waals surface area contributed by atoms with Crippen molar-refractivity contribution in [2.75, 3.05) is 5.73 Å². The van der Waals surface area contributed by atoms with Gasteiger partial charge in [-0.15, -0.1) is 11.3 Å². The molecule has 2 nitrogen and oxygen atoms in total. The van der Waals surface area contributed by atoms with Crippen LogP contribution in [-0.2, 0) is 0 Å². The SMILES string of the molecule is Clc1ccccc1Cl.Nc1nccs1. The molecule has 2 N–H and O–H groups in total. The van der Waals surface area contributed by atoms with Gasteiger partial charge in [-0.1, -0.05) is 35.3 Å². The van der Waals surface area contributed by atoms with Gasteiger partial charge in [0.25, 0.3) is 0 Å². The standard InChI is InChI=1S/C6H4Cl2.C3H4N2S/c7-5-3-1-2-4-6(5)8;4-3-5-1-2-6-3/h1-4H;1-2H,(H2,4,5). The maximum Gasteiger partial charge on any atom is 0.179 e. The van der Waals surface area contributed by atoms with E-state index >= 15 is 0 Å². The molecule has 0 spiro atoms. The van der Waals surface area contributed by atoms with Crippen LogP contribution < -0.4 is 5.73 Å². The summed E-state index contributed by atoms with van der Waals surface area (Å²) in [5.74, 6) is 0. The number of halogens is 2. The Morgan fingerprint density at radius 1 is 1.14 bits per heavy atom.